The fourth-order valence-corrected chi connectivity index (χ4v) is 2.48. The summed E-state index contributed by atoms with van der Waals surface area (Å²) in [6, 6.07) is 6.05. The number of hydrogen-bond acceptors (Lipinski definition) is 2. The van der Waals surface area contributed by atoms with Gasteiger partial charge in [0.05, 0.1) is 6.42 Å². The molecular weight excluding hydrogens is 268 g/mol. The Labute approximate surface area is 103 Å². The maximum absolute atomic E-state index is 11.4. The first-order valence-corrected chi connectivity index (χ1v) is 6.15. The fraction of sp³-hybridized carbons (Fsp3) is 0.385. The highest BCUT2D eigenvalue weighted by molar-refractivity contribution is 9.10. The van der Waals surface area contributed by atoms with Crippen molar-refractivity contribution in [3.63, 3.8) is 0 Å². The normalized spacial score (nSPS) is 17.9. The van der Waals surface area contributed by atoms with Gasteiger partial charge in [0.1, 0.15) is 11.6 Å². The number of halogens is 1. The third kappa shape index (κ3) is 2.40. The van der Waals surface area contributed by atoms with E-state index >= 15 is 0 Å². The molecule has 0 unspecified atom stereocenters. The average Bonchev–Trinajstić information content (AvgIpc) is 2.20. The van der Waals surface area contributed by atoms with Gasteiger partial charge in [0.15, 0.2) is 0 Å². The van der Waals surface area contributed by atoms with Crippen LogP contribution >= 0.6 is 15.9 Å². The van der Waals surface area contributed by atoms with Gasteiger partial charge in [-0.3, -0.25) is 9.59 Å². The van der Waals surface area contributed by atoms with Crippen LogP contribution in [0.25, 0.3) is 0 Å². The van der Waals surface area contributed by atoms with Crippen molar-refractivity contribution in [3.8, 4) is 0 Å². The van der Waals surface area contributed by atoms with Crippen molar-refractivity contribution in [1.29, 1.82) is 0 Å². The molecule has 0 N–H and O–H groups in total. The lowest BCUT2D eigenvalue weighted by atomic mass is 9.82. The summed E-state index contributed by atoms with van der Waals surface area (Å²) >= 11 is 3.47. The van der Waals surface area contributed by atoms with Crippen LogP contribution < -0.4 is 0 Å². The molecule has 1 aromatic rings. The molecule has 0 radical (unpaired) electrons. The molecular formula is C13H13BrO2. The molecule has 1 saturated carbocycles. The van der Waals surface area contributed by atoms with Gasteiger partial charge in [-0.2, -0.15) is 0 Å². The minimum absolute atomic E-state index is 0.0675. The fourth-order valence-electron chi connectivity index (χ4n) is 2.08. The Hall–Kier alpha value is -0.960. The van der Waals surface area contributed by atoms with Gasteiger partial charge in [0.2, 0.25) is 0 Å². The van der Waals surface area contributed by atoms with Gasteiger partial charge in [-0.05, 0) is 30.0 Å². The summed E-state index contributed by atoms with van der Waals surface area (Å²) in [6.45, 7) is 2.02. The number of rotatable bonds is 1. The van der Waals surface area contributed by atoms with Crippen LogP contribution in [0.4, 0.5) is 0 Å². The first kappa shape index (κ1) is 11.5. The van der Waals surface area contributed by atoms with Crippen LogP contribution in [0.1, 0.15) is 36.3 Å². The van der Waals surface area contributed by atoms with E-state index in [1.54, 1.807) is 0 Å². The second kappa shape index (κ2) is 4.50. The zero-order chi connectivity index (χ0) is 11.7. The number of carbonyl (C=O) groups excluding carboxylic acids is 2. The molecule has 1 aliphatic carbocycles. The van der Waals surface area contributed by atoms with E-state index in [1.165, 1.54) is 0 Å². The lowest BCUT2D eigenvalue weighted by molar-refractivity contribution is -0.130. The maximum Gasteiger partial charge on any atom is 0.140 e. The molecule has 0 amide bonds. The van der Waals surface area contributed by atoms with Gasteiger partial charge >= 0.3 is 0 Å². The molecule has 84 valence electrons. The quantitative estimate of drug-likeness (QED) is 0.741. The monoisotopic (exact) mass is 280 g/mol. The van der Waals surface area contributed by atoms with Gasteiger partial charge in [0.25, 0.3) is 0 Å². The third-order valence-electron chi connectivity index (χ3n) is 3.01. The van der Waals surface area contributed by atoms with E-state index in [2.05, 4.69) is 15.9 Å². The van der Waals surface area contributed by atoms with Crippen LogP contribution in [-0.2, 0) is 9.59 Å². The van der Waals surface area contributed by atoms with Gasteiger partial charge in [-0.1, -0.05) is 28.1 Å². The summed E-state index contributed by atoms with van der Waals surface area (Å²) < 4.78 is 1.04. The Kier molecular flexibility index (Phi) is 3.24. The number of aryl methyl sites for hydroxylation is 1. The van der Waals surface area contributed by atoms with Crippen molar-refractivity contribution in [1.82, 2.24) is 0 Å². The highest BCUT2D eigenvalue weighted by atomic mass is 79.9. The molecule has 16 heavy (non-hydrogen) atoms. The molecule has 0 saturated heterocycles. The Morgan fingerprint density at radius 1 is 1.19 bits per heavy atom. The van der Waals surface area contributed by atoms with Crippen molar-refractivity contribution in [2.24, 2.45) is 0 Å². The predicted octanol–water partition coefficient (Wildman–Crippen LogP) is 3.16. The highest BCUT2D eigenvalue weighted by Crippen LogP contribution is 2.31. The van der Waals surface area contributed by atoms with Crippen LogP contribution in [0.2, 0.25) is 0 Å². The number of hydrogen-bond donors (Lipinski definition) is 0. The first-order chi connectivity index (χ1) is 7.56. The van der Waals surface area contributed by atoms with Crippen molar-refractivity contribution in [3.05, 3.63) is 33.8 Å². The molecule has 2 nitrogen and oxygen atoms in total. The lowest BCUT2D eigenvalue weighted by Gasteiger charge is -2.20. The summed E-state index contributed by atoms with van der Waals surface area (Å²) in [7, 11) is 0. The largest absolute Gasteiger partial charge is 0.299 e. The number of carbonyl (C=O) groups is 2. The Bertz CT molecular complexity index is 435. The molecule has 0 heterocycles. The van der Waals surface area contributed by atoms with Crippen LogP contribution in [0.3, 0.4) is 0 Å². The standard InChI is InChI=1S/C13H13BrO2/c1-8-2-3-9(6-13(8)14)10-4-11(15)7-12(16)5-10/h2-3,6,10H,4-5,7H2,1H3. The van der Waals surface area contributed by atoms with E-state index in [1.807, 2.05) is 25.1 Å². The average molecular weight is 281 g/mol. The molecule has 0 aromatic heterocycles. The van der Waals surface area contributed by atoms with Gasteiger partial charge in [-0.25, -0.2) is 0 Å². The minimum atomic E-state index is 0.0675. The Morgan fingerprint density at radius 2 is 1.81 bits per heavy atom. The summed E-state index contributed by atoms with van der Waals surface area (Å²) in [5.74, 6) is 0.210. The molecule has 1 aliphatic rings. The van der Waals surface area contributed by atoms with E-state index in [0.29, 0.717) is 12.8 Å². The van der Waals surface area contributed by atoms with E-state index in [0.717, 1.165) is 15.6 Å². The smallest absolute Gasteiger partial charge is 0.140 e. The Morgan fingerprint density at radius 3 is 2.38 bits per heavy atom. The molecule has 0 aliphatic heterocycles. The number of benzene rings is 1. The van der Waals surface area contributed by atoms with Gasteiger partial charge in [-0.15, -0.1) is 0 Å². The topological polar surface area (TPSA) is 34.1 Å². The third-order valence-corrected chi connectivity index (χ3v) is 3.86. The molecule has 1 fully saturated rings. The molecule has 0 bridgehead atoms. The zero-order valence-electron chi connectivity index (χ0n) is 9.13. The first-order valence-electron chi connectivity index (χ1n) is 5.35. The number of Topliss-reactive ketones (excluding diaryl/α,β-unsaturated/α-hetero) is 2. The Balaban J connectivity index is 2.26. The maximum atomic E-state index is 11.4. The summed E-state index contributed by atoms with van der Waals surface area (Å²) in [5, 5.41) is 0. The summed E-state index contributed by atoms with van der Waals surface area (Å²) in [4.78, 5) is 22.8. The van der Waals surface area contributed by atoms with E-state index < -0.39 is 0 Å². The molecule has 2 rings (SSSR count). The predicted molar refractivity (Wildman–Crippen MR) is 65.5 cm³/mol. The summed E-state index contributed by atoms with van der Waals surface area (Å²) in [6.07, 6.45) is 1.13. The van der Waals surface area contributed by atoms with E-state index in [9.17, 15) is 9.59 Å². The molecule has 0 atom stereocenters. The SMILES string of the molecule is Cc1ccc(C2CC(=O)CC(=O)C2)cc1Br. The van der Waals surface area contributed by atoms with Crippen molar-refractivity contribution in [2.75, 3.05) is 0 Å². The molecule has 0 spiro atoms. The number of ketones is 2. The lowest BCUT2D eigenvalue weighted by Crippen LogP contribution is -2.21. The van der Waals surface area contributed by atoms with Crippen LogP contribution in [-0.4, -0.2) is 11.6 Å². The van der Waals surface area contributed by atoms with Crippen LogP contribution in [0, 0.1) is 6.92 Å². The van der Waals surface area contributed by atoms with Crippen molar-refractivity contribution in [2.45, 2.75) is 32.1 Å². The molecule has 1 aromatic carbocycles. The second-order valence-electron chi connectivity index (χ2n) is 4.37. The van der Waals surface area contributed by atoms with E-state index in [-0.39, 0.29) is 23.9 Å². The van der Waals surface area contributed by atoms with Crippen LogP contribution in [0.5, 0.6) is 0 Å². The second-order valence-corrected chi connectivity index (χ2v) is 5.22. The zero-order valence-corrected chi connectivity index (χ0v) is 10.7. The highest BCUT2D eigenvalue weighted by Gasteiger charge is 2.26. The van der Waals surface area contributed by atoms with Crippen molar-refractivity contribution < 1.29 is 9.59 Å². The van der Waals surface area contributed by atoms with Gasteiger partial charge < -0.3 is 0 Å². The minimum Gasteiger partial charge on any atom is -0.299 e. The van der Waals surface area contributed by atoms with E-state index in [4.69, 9.17) is 0 Å². The van der Waals surface area contributed by atoms with Gasteiger partial charge in [0, 0.05) is 17.3 Å². The summed E-state index contributed by atoms with van der Waals surface area (Å²) in [5.41, 5.74) is 2.25. The molecule has 3 heteroatoms. The van der Waals surface area contributed by atoms with Crippen molar-refractivity contribution >= 4 is 27.5 Å². The van der Waals surface area contributed by atoms with Crippen LogP contribution in [0.15, 0.2) is 22.7 Å².